The highest BCUT2D eigenvalue weighted by Crippen LogP contribution is 2.28. The van der Waals surface area contributed by atoms with Gasteiger partial charge in [-0.3, -0.25) is 14.2 Å². The molecular weight excluding hydrogens is 379 g/mol. The van der Waals surface area contributed by atoms with E-state index in [0.29, 0.717) is 18.8 Å². The van der Waals surface area contributed by atoms with Gasteiger partial charge in [0.1, 0.15) is 0 Å². The fourth-order valence-corrected chi connectivity index (χ4v) is 2.27. The molecule has 1 N–H and O–H groups in total. The van der Waals surface area contributed by atoms with Crippen molar-refractivity contribution in [2.24, 2.45) is 0 Å². The minimum Gasteiger partial charge on any atom is -0.354 e. The second-order valence-corrected chi connectivity index (χ2v) is 5.83. The molecule has 0 bridgehead atoms. The summed E-state index contributed by atoms with van der Waals surface area (Å²) in [5.74, 6) is -0.250. The molecule has 0 saturated heterocycles. The van der Waals surface area contributed by atoms with Crippen molar-refractivity contribution < 1.29 is 18.0 Å². The van der Waals surface area contributed by atoms with Gasteiger partial charge in [-0.15, -0.1) is 0 Å². The maximum Gasteiger partial charge on any atom is 0.435 e. The number of hydrogen-bond acceptors (Lipinski definition) is 3. The predicted molar refractivity (Wildman–Crippen MR) is 79.5 cm³/mol. The van der Waals surface area contributed by atoms with Gasteiger partial charge in [-0.2, -0.15) is 23.4 Å². The maximum absolute atomic E-state index is 12.5. The highest BCUT2D eigenvalue weighted by Gasteiger charge is 2.34. The smallest absolute Gasteiger partial charge is 0.354 e. The summed E-state index contributed by atoms with van der Waals surface area (Å²) in [5.41, 5.74) is -0.578. The van der Waals surface area contributed by atoms with Crippen molar-refractivity contribution in [1.29, 1.82) is 0 Å². The molecule has 0 spiro atoms. The molecule has 0 atom stereocenters. The number of rotatable bonds is 6. The lowest BCUT2D eigenvalue weighted by atomic mass is 10.3. The summed E-state index contributed by atoms with van der Waals surface area (Å²) in [4.78, 5) is 11.7. The van der Waals surface area contributed by atoms with Crippen molar-refractivity contribution in [2.45, 2.75) is 32.6 Å². The Kier molecular flexibility index (Phi) is 5.45. The van der Waals surface area contributed by atoms with E-state index in [4.69, 9.17) is 0 Å². The first-order valence-corrected chi connectivity index (χ1v) is 7.61. The fraction of sp³-hybridized carbons (Fsp3) is 0.462. The number of carbonyl (C=O) groups excluding carboxylic acids is 1. The molecular formula is C13H15BrF3N5O. The van der Waals surface area contributed by atoms with Crippen LogP contribution in [0.4, 0.5) is 13.2 Å². The summed E-state index contributed by atoms with van der Waals surface area (Å²) in [7, 11) is 0. The second kappa shape index (κ2) is 7.16. The number of amides is 1. The number of aryl methyl sites for hydroxylation is 2. The Morgan fingerprint density at radius 1 is 1.39 bits per heavy atom. The Labute approximate surface area is 138 Å². The Morgan fingerprint density at radius 3 is 2.70 bits per heavy atom. The van der Waals surface area contributed by atoms with Crippen LogP contribution in [0.5, 0.6) is 0 Å². The lowest BCUT2D eigenvalue weighted by Gasteiger charge is -2.07. The quantitative estimate of drug-likeness (QED) is 0.819. The van der Waals surface area contributed by atoms with Crippen LogP contribution in [-0.2, 0) is 24.1 Å². The zero-order valence-electron chi connectivity index (χ0n) is 12.3. The summed E-state index contributed by atoms with van der Waals surface area (Å²) in [6.45, 7) is 2.52. The van der Waals surface area contributed by atoms with E-state index in [1.165, 1.54) is 11.6 Å². The third-order valence-corrected chi connectivity index (χ3v) is 3.50. The van der Waals surface area contributed by atoms with Crippen molar-refractivity contribution >= 4 is 21.8 Å². The van der Waals surface area contributed by atoms with Crippen molar-refractivity contribution in [3.8, 4) is 0 Å². The first-order valence-electron chi connectivity index (χ1n) is 6.82. The molecule has 10 heteroatoms. The molecule has 126 valence electrons. The standard InChI is InChI=1S/C13H15BrF3N5O/c1-9-6-11(13(15,16)17)20-22(9)4-2-12(23)18-3-5-21-8-10(14)7-19-21/h6-8H,2-5H2,1H3,(H,18,23). The number of aromatic nitrogens is 4. The average Bonchev–Trinajstić information content (AvgIpc) is 3.02. The van der Waals surface area contributed by atoms with Crippen LogP contribution in [-0.4, -0.2) is 32.0 Å². The fourth-order valence-electron chi connectivity index (χ4n) is 1.94. The van der Waals surface area contributed by atoms with Crippen LogP contribution in [0.2, 0.25) is 0 Å². The Bertz CT molecular complexity index is 679. The molecule has 0 saturated carbocycles. The number of halogens is 4. The SMILES string of the molecule is Cc1cc(C(F)(F)F)nn1CCC(=O)NCCn1cc(Br)cn1. The van der Waals surface area contributed by atoms with Gasteiger partial charge in [0.2, 0.25) is 5.91 Å². The van der Waals surface area contributed by atoms with Crippen LogP contribution in [0, 0.1) is 6.92 Å². The molecule has 6 nitrogen and oxygen atoms in total. The van der Waals surface area contributed by atoms with E-state index in [-0.39, 0.29) is 18.9 Å². The lowest BCUT2D eigenvalue weighted by Crippen LogP contribution is -2.28. The monoisotopic (exact) mass is 393 g/mol. The van der Waals surface area contributed by atoms with Gasteiger partial charge < -0.3 is 5.32 Å². The van der Waals surface area contributed by atoms with Gasteiger partial charge >= 0.3 is 6.18 Å². The zero-order valence-corrected chi connectivity index (χ0v) is 13.9. The van der Waals surface area contributed by atoms with Crippen molar-refractivity contribution in [1.82, 2.24) is 24.9 Å². The molecule has 2 aromatic heterocycles. The van der Waals surface area contributed by atoms with Crippen LogP contribution in [0.25, 0.3) is 0 Å². The van der Waals surface area contributed by atoms with E-state index >= 15 is 0 Å². The molecule has 2 heterocycles. The van der Waals surface area contributed by atoms with Crippen molar-refractivity contribution in [3.05, 3.63) is 34.3 Å². The molecule has 2 aromatic rings. The van der Waals surface area contributed by atoms with Crippen LogP contribution in [0.15, 0.2) is 22.9 Å². The van der Waals surface area contributed by atoms with E-state index in [1.54, 1.807) is 17.1 Å². The molecule has 0 aromatic carbocycles. The molecule has 2 rings (SSSR count). The molecule has 0 fully saturated rings. The van der Waals surface area contributed by atoms with Crippen molar-refractivity contribution in [2.75, 3.05) is 6.54 Å². The molecule has 0 aliphatic heterocycles. The van der Waals surface area contributed by atoms with E-state index in [2.05, 4.69) is 31.4 Å². The van der Waals surface area contributed by atoms with Crippen LogP contribution >= 0.6 is 15.9 Å². The largest absolute Gasteiger partial charge is 0.435 e. The number of alkyl halides is 3. The van der Waals surface area contributed by atoms with Gasteiger partial charge in [0.25, 0.3) is 0 Å². The van der Waals surface area contributed by atoms with Crippen molar-refractivity contribution in [3.63, 3.8) is 0 Å². The molecule has 0 radical (unpaired) electrons. The second-order valence-electron chi connectivity index (χ2n) is 4.91. The van der Waals surface area contributed by atoms with Crippen LogP contribution < -0.4 is 5.32 Å². The van der Waals surface area contributed by atoms with Gasteiger partial charge in [-0.05, 0) is 28.9 Å². The first-order chi connectivity index (χ1) is 10.8. The van der Waals surface area contributed by atoms with Gasteiger partial charge in [-0.1, -0.05) is 0 Å². The summed E-state index contributed by atoms with van der Waals surface area (Å²) in [6.07, 6.45) is -1.00. The van der Waals surface area contributed by atoms with Crippen LogP contribution in [0.1, 0.15) is 17.8 Å². The molecule has 1 amide bonds. The lowest BCUT2D eigenvalue weighted by molar-refractivity contribution is -0.141. The number of hydrogen-bond donors (Lipinski definition) is 1. The summed E-state index contributed by atoms with van der Waals surface area (Å²) in [6, 6.07) is 0.966. The van der Waals surface area contributed by atoms with E-state index < -0.39 is 11.9 Å². The van der Waals surface area contributed by atoms with Crippen LogP contribution in [0.3, 0.4) is 0 Å². The highest BCUT2D eigenvalue weighted by molar-refractivity contribution is 9.10. The summed E-state index contributed by atoms with van der Waals surface area (Å²) < 4.78 is 41.3. The first kappa shape index (κ1) is 17.5. The maximum atomic E-state index is 12.5. The molecule has 23 heavy (non-hydrogen) atoms. The number of carbonyl (C=O) groups is 1. The average molecular weight is 394 g/mol. The van der Waals surface area contributed by atoms with E-state index in [9.17, 15) is 18.0 Å². The molecule has 0 aliphatic carbocycles. The van der Waals surface area contributed by atoms with Gasteiger partial charge in [0.05, 0.1) is 17.2 Å². The summed E-state index contributed by atoms with van der Waals surface area (Å²) >= 11 is 3.27. The van der Waals surface area contributed by atoms with Gasteiger partial charge in [0, 0.05) is 31.4 Å². The summed E-state index contributed by atoms with van der Waals surface area (Å²) in [5, 5.41) is 10.2. The normalized spacial score (nSPS) is 11.7. The number of nitrogens with zero attached hydrogens (tertiary/aromatic N) is 4. The zero-order chi connectivity index (χ0) is 17.0. The van der Waals surface area contributed by atoms with Gasteiger partial charge in [-0.25, -0.2) is 0 Å². The highest BCUT2D eigenvalue weighted by atomic mass is 79.9. The molecule has 0 unspecified atom stereocenters. The third kappa shape index (κ3) is 5.08. The molecule has 0 aliphatic rings. The Morgan fingerprint density at radius 2 is 2.13 bits per heavy atom. The minimum atomic E-state index is -4.48. The Balaban J connectivity index is 1.77. The minimum absolute atomic E-state index is 0.0582. The van der Waals surface area contributed by atoms with Gasteiger partial charge in [0.15, 0.2) is 5.69 Å². The topological polar surface area (TPSA) is 64.7 Å². The van der Waals surface area contributed by atoms with E-state index in [0.717, 1.165) is 10.5 Å². The predicted octanol–water partition coefficient (Wildman–Crippen LogP) is 2.38. The van der Waals surface area contributed by atoms with E-state index in [1.807, 2.05) is 0 Å². The third-order valence-electron chi connectivity index (χ3n) is 3.09. The Hall–Kier alpha value is -1.84. The number of nitrogens with one attached hydrogen (secondary N) is 1.